The van der Waals surface area contributed by atoms with Crippen LogP contribution in [0.25, 0.3) is 0 Å². The third-order valence-electron chi connectivity index (χ3n) is 4.03. The van der Waals surface area contributed by atoms with E-state index in [9.17, 15) is 18.0 Å². The van der Waals surface area contributed by atoms with Crippen LogP contribution in [0.3, 0.4) is 0 Å². The zero-order valence-corrected chi connectivity index (χ0v) is 13.9. The second-order valence-corrected chi connectivity index (χ2v) is 5.88. The minimum atomic E-state index is -4.45. The summed E-state index contributed by atoms with van der Waals surface area (Å²) in [7, 11) is 0. The predicted molar refractivity (Wildman–Crippen MR) is 84.9 cm³/mol. The monoisotopic (exact) mass is 344 g/mol. The van der Waals surface area contributed by atoms with E-state index in [-0.39, 0.29) is 12.4 Å². The average Bonchev–Trinajstić information content (AvgIpc) is 2.55. The highest BCUT2D eigenvalue weighted by atomic mass is 19.4. The van der Waals surface area contributed by atoms with Crippen LogP contribution in [0.5, 0.6) is 0 Å². The number of aryl methyl sites for hydroxylation is 1. The van der Waals surface area contributed by atoms with Gasteiger partial charge in [-0.25, -0.2) is 4.98 Å². The third-order valence-corrected chi connectivity index (χ3v) is 4.03. The summed E-state index contributed by atoms with van der Waals surface area (Å²) in [5.74, 6) is 0.130. The van der Waals surface area contributed by atoms with Crippen LogP contribution >= 0.6 is 0 Å². The number of esters is 1. The molecule has 2 rings (SSSR count). The number of piperidine rings is 1. The van der Waals surface area contributed by atoms with Gasteiger partial charge >= 0.3 is 12.1 Å². The molecule has 1 aliphatic rings. The highest BCUT2D eigenvalue weighted by Gasteiger charge is 2.33. The van der Waals surface area contributed by atoms with Gasteiger partial charge < -0.3 is 9.64 Å². The van der Waals surface area contributed by atoms with Gasteiger partial charge in [-0.05, 0) is 50.7 Å². The van der Waals surface area contributed by atoms with Gasteiger partial charge in [0.2, 0.25) is 0 Å². The summed E-state index contributed by atoms with van der Waals surface area (Å²) < 4.78 is 43.8. The molecule has 0 aliphatic carbocycles. The summed E-state index contributed by atoms with van der Waals surface area (Å²) in [6, 6.07) is 2.51. The molecule has 1 aromatic rings. The molecule has 0 atom stereocenters. The van der Waals surface area contributed by atoms with Gasteiger partial charge in [-0.3, -0.25) is 4.79 Å². The van der Waals surface area contributed by atoms with Crippen molar-refractivity contribution in [3.63, 3.8) is 0 Å². The summed E-state index contributed by atoms with van der Waals surface area (Å²) in [5, 5.41) is 0. The van der Waals surface area contributed by atoms with E-state index < -0.39 is 11.9 Å². The molecular formula is C17H23F3N2O2. The summed E-state index contributed by atoms with van der Waals surface area (Å²) in [6.07, 6.45) is -0.140. The second-order valence-electron chi connectivity index (χ2n) is 5.88. The first kappa shape index (κ1) is 18.5. The summed E-state index contributed by atoms with van der Waals surface area (Å²) in [5.41, 5.74) is -0.105. The van der Waals surface area contributed by atoms with Crippen molar-refractivity contribution < 1.29 is 22.7 Å². The van der Waals surface area contributed by atoms with Crippen LogP contribution in [0, 0.1) is 0 Å². The molecule has 134 valence electrons. The number of anilines is 1. The van der Waals surface area contributed by atoms with Crippen molar-refractivity contribution in [2.75, 3.05) is 24.6 Å². The number of carbonyl (C=O) groups excluding carboxylic acids is 1. The Kier molecular flexibility index (Phi) is 6.45. The fourth-order valence-electron chi connectivity index (χ4n) is 2.87. The normalized spacial score (nSPS) is 15.4. The number of halogens is 3. The molecule has 1 saturated heterocycles. The average molecular weight is 344 g/mol. The highest BCUT2D eigenvalue weighted by molar-refractivity contribution is 5.69. The molecule has 0 unspecified atom stereocenters. The van der Waals surface area contributed by atoms with E-state index in [1.807, 2.05) is 4.90 Å². The second kappa shape index (κ2) is 8.35. The molecule has 0 radical (unpaired) electrons. The van der Waals surface area contributed by atoms with Gasteiger partial charge in [-0.1, -0.05) is 6.07 Å². The Hall–Kier alpha value is -1.79. The zero-order valence-electron chi connectivity index (χ0n) is 13.9. The molecule has 0 bridgehead atoms. The molecule has 0 amide bonds. The van der Waals surface area contributed by atoms with Crippen LogP contribution in [0.15, 0.2) is 12.1 Å². The van der Waals surface area contributed by atoms with E-state index >= 15 is 0 Å². The Morgan fingerprint density at radius 3 is 2.58 bits per heavy atom. The first-order chi connectivity index (χ1) is 11.4. The van der Waals surface area contributed by atoms with Crippen molar-refractivity contribution in [3.8, 4) is 0 Å². The maximum Gasteiger partial charge on any atom is 0.433 e. The summed E-state index contributed by atoms with van der Waals surface area (Å²) >= 11 is 0. The molecule has 0 aromatic carbocycles. The quantitative estimate of drug-likeness (QED) is 0.732. The molecule has 24 heavy (non-hydrogen) atoms. The maximum atomic E-state index is 13.0. The van der Waals surface area contributed by atoms with Gasteiger partial charge in [0.1, 0.15) is 11.5 Å². The van der Waals surface area contributed by atoms with Gasteiger partial charge in [-0.2, -0.15) is 13.2 Å². The first-order valence-electron chi connectivity index (χ1n) is 8.39. The van der Waals surface area contributed by atoms with Gasteiger partial charge in [0, 0.05) is 19.5 Å². The number of hydrogen-bond acceptors (Lipinski definition) is 4. The Morgan fingerprint density at radius 1 is 1.25 bits per heavy atom. The van der Waals surface area contributed by atoms with Crippen LogP contribution in [-0.4, -0.2) is 30.6 Å². The van der Waals surface area contributed by atoms with Crippen molar-refractivity contribution in [2.24, 2.45) is 0 Å². The predicted octanol–water partition coefficient (Wildman–Crippen LogP) is 3.98. The largest absolute Gasteiger partial charge is 0.466 e. The Labute approximate surface area is 140 Å². The van der Waals surface area contributed by atoms with E-state index in [1.54, 1.807) is 6.92 Å². The lowest BCUT2D eigenvalue weighted by atomic mass is 10.1. The fourth-order valence-corrected chi connectivity index (χ4v) is 2.87. The van der Waals surface area contributed by atoms with E-state index in [0.717, 1.165) is 44.0 Å². The smallest absolute Gasteiger partial charge is 0.433 e. The number of carbonyl (C=O) groups is 1. The lowest BCUT2D eigenvalue weighted by Gasteiger charge is -2.30. The lowest BCUT2D eigenvalue weighted by molar-refractivity contribution is -0.143. The van der Waals surface area contributed by atoms with Crippen molar-refractivity contribution in [1.29, 1.82) is 0 Å². The SMILES string of the molecule is CCOC(=O)CCCc1ccc(C(F)(F)F)nc1N1CCCCC1. The van der Waals surface area contributed by atoms with Crippen LogP contribution in [0.1, 0.15) is 50.3 Å². The molecule has 0 N–H and O–H groups in total. The van der Waals surface area contributed by atoms with Crippen LogP contribution in [0.2, 0.25) is 0 Å². The molecule has 7 heteroatoms. The topological polar surface area (TPSA) is 42.4 Å². The van der Waals surface area contributed by atoms with Gasteiger partial charge in [0.05, 0.1) is 6.61 Å². The minimum absolute atomic E-state index is 0.258. The Balaban J connectivity index is 2.14. The lowest BCUT2D eigenvalue weighted by Crippen LogP contribution is -2.31. The van der Waals surface area contributed by atoms with Crippen molar-refractivity contribution in [1.82, 2.24) is 4.98 Å². The van der Waals surface area contributed by atoms with E-state index in [1.165, 1.54) is 6.07 Å². The van der Waals surface area contributed by atoms with Crippen LogP contribution < -0.4 is 4.90 Å². The van der Waals surface area contributed by atoms with Crippen LogP contribution in [-0.2, 0) is 22.1 Å². The molecule has 1 aliphatic heterocycles. The van der Waals surface area contributed by atoms with E-state index in [0.29, 0.717) is 25.3 Å². The maximum absolute atomic E-state index is 13.0. The number of hydrogen-bond donors (Lipinski definition) is 0. The minimum Gasteiger partial charge on any atom is -0.466 e. The summed E-state index contributed by atoms with van der Waals surface area (Å²) in [6.45, 7) is 3.52. The third kappa shape index (κ3) is 5.11. The number of nitrogens with zero attached hydrogens (tertiary/aromatic N) is 2. The fraction of sp³-hybridized carbons (Fsp3) is 0.647. The van der Waals surface area contributed by atoms with Gasteiger partial charge in [-0.15, -0.1) is 0 Å². The number of aromatic nitrogens is 1. The number of pyridine rings is 1. The molecule has 0 saturated carbocycles. The van der Waals surface area contributed by atoms with E-state index in [2.05, 4.69) is 4.98 Å². The zero-order chi connectivity index (χ0) is 17.6. The molecule has 2 heterocycles. The van der Waals surface area contributed by atoms with Gasteiger partial charge in [0.15, 0.2) is 0 Å². The summed E-state index contributed by atoms with van der Waals surface area (Å²) in [4.78, 5) is 17.2. The number of ether oxygens (including phenoxy) is 1. The van der Waals surface area contributed by atoms with Crippen molar-refractivity contribution >= 4 is 11.8 Å². The first-order valence-corrected chi connectivity index (χ1v) is 8.39. The molecular weight excluding hydrogens is 321 g/mol. The van der Waals surface area contributed by atoms with E-state index in [4.69, 9.17) is 4.74 Å². The Morgan fingerprint density at radius 2 is 1.96 bits per heavy atom. The Bertz CT molecular complexity index is 555. The number of alkyl halides is 3. The molecule has 4 nitrogen and oxygen atoms in total. The van der Waals surface area contributed by atoms with Crippen LogP contribution in [0.4, 0.5) is 19.0 Å². The molecule has 1 aromatic heterocycles. The molecule has 0 spiro atoms. The van der Waals surface area contributed by atoms with Crippen molar-refractivity contribution in [3.05, 3.63) is 23.4 Å². The number of rotatable bonds is 6. The van der Waals surface area contributed by atoms with Crippen molar-refractivity contribution in [2.45, 2.75) is 51.6 Å². The standard InChI is InChI=1S/C17H23F3N2O2/c1-2-24-15(23)8-6-7-13-9-10-14(17(18,19)20)21-16(13)22-11-4-3-5-12-22/h9-10H,2-8,11-12H2,1H3. The van der Waals surface area contributed by atoms with Gasteiger partial charge in [0.25, 0.3) is 0 Å². The highest BCUT2D eigenvalue weighted by Crippen LogP contribution is 2.32. The molecule has 1 fully saturated rings.